The summed E-state index contributed by atoms with van der Waals surface area (Å²) in [6.07, 6.45) is 8.15. The first kappa shape index (κ1) is 19.2. The Morgan fingerprint density at radius 2 is 1.96 bits per heavy atom. The van der Waals surface area contributed by atoms with E-state index in [9.17, 15) is 0 Å². The van der Waals surface area contributed by atoms with Gasteiger partial charge in [0.2, 0.25) is 0 Å². The van der Waals surface area contributed by atoms with E-state index in [2.05, 4.69) is 74.0 Å². The van der Waals surface area contributed by atoms with E-state index in [4.69, 9.17) is 4.74 Å². The Hall–Kier alpha value is -2.61. The molecule has 0 aliphatic carbocycles. The summed E-state index contributed by atoms with van der Waals surface area (Å²) in [5.41, 5.74) is 7.20. The van der Waals surface area contributed by atoms with Crippen LogP contribution >= 0.6 is 0 Å². The largest absolute Gasteiger partial charge is 0.496 e. The lowest BCUT2D eigenvalue weighted by molar-refractivity contribution is 0.413. The van der Waals surface area contributed by atoms with Crippen LogP contribution in [0.15, 0.2) is 66.3 Å². The monoisotopic (exact) mass is 359 g/mol. The molecule has 3 rings (SSSR count). The van der Waals surface area contributed by atoms with Crippen molar-refractivity contribution >= 4 is 11.3 Å². The summed E-state index contributed by atoms with van der Waals surface area (Å²) in [5, 5.41) is 0. The Morgan fingerprint density at radius 1 is 1.19 bits per heavy atom. The van der Waals surface area contributed by atoms with E-state index in [1.807, 2.05) is 6.20 Å². The molecule has 0 saturated carbocycles. The SMILES string of the molecule is C=C(Cc1ccccc1CCC)c1ccc(C2=NC=CCC2C)c(OC)c1. The van der Waals surface area contributed by atoms with Gasteiger partial charge in [0.1, 0.15) is 5.75 Å². The summed E-state index contributed by atoms with van der Waals surface area (Å²) in [6, 6.07) is 15.1. The van der Waals surface area contributed by atoms with Gasteiger partial charge in [0.05, 0.1) is 12.8 Å². The highest BCUT2D eigenvalue weighted by molar-refractivity contribution is 6.05. The van der Waals surface area contributed by atoms with Crippen LogP contribution in [-0.2, 0) is 12.8 Å². The molecular formula is C25H29NO. The summed E-state index contributed by atoms with van der Waals surface area (Å²) in [4.78, 5) is 4.60. The van der Waals surface area contributed by atoms with Crippen LogP contribution < -0.4 is 4.74 Å². The average molecular weight is 360 g/mol. The molecule has 1 aliphatic rings. The zero-order valence-electron chi connectivity index (χ0n) is 16.7. The lowest BCUT2D eigenvalue weighted by atomic mass is 9.90. The van der Waals surface area contributed by atoms with E-state index in [1.54, 1.807) is 7.11 Å². The second-order valence-corrected chi connectivity index (χ2v) is 7.25. The Bertz CT molecular complexity index is 876. The van der Waals surface area contributed by atoms with Gasteiger partial charge in [-0.1, -0.05) is 63.3 Å². The molecule has 2 heteroatoms. The maximum atomic E-state index is 5.70. The molecule has 0 amide bonds. The highest BCUT2D eigenvalue weighted by Crippen LogP contribution is 2.30. The van der Waals surface area contributed by atoms with Crippen LogP contribution in [0, 0.1) is 5.92 Å². The van der Waals surface area contributed by atoms with Gasteiger partial charge in [-0.3, -0.25) is 4.99 Å². The molecule has 2 nitrogen and oxygen atoms in total. The van der Waals surface area contributed by atoms with E-state index in [0.717, 1.165) is 53.8 Å². The molecular weight excluding hydrogens is 330 g/mol. The first-order valence-electron chi connectivity index (χ1n) is 9.80. The van der Waals surface area contributed by atoms with Gasteiger partial charge in [0, 0.05) is 17.7 Å². The van der Waals surface area contributed by atoms with Crippen molar-refractivity contribution in [3.8, 4) is 5.75 Å². The van der Waals surface area contributed by atoms with Crippen molar-refractivity contribution in [2.24, 2.45) is 10.9 Å². The third-order valence-electron chi connectivity index (χ3n) is 5.20. The molecule has 0 saturated heterocycles. The first-order chi connectivity index (χ1) is 13.1. The van der Waals surface area contributed by atoms with Crippen LogP contribution in [0.2, 0.25) is 0 Å². The number of hydrogen-bond donors (Lipinski definition) is 0. The summed E-state index contributed by atoms with van der Waals surface area (Å²) >= 11 is 0. The van der Waals surface area contributed by atoms with Crippen molar-refractivity contribution in [1.29, 1.82) is 0 Å². The number of allylic oxidation sites excluding steroid dienone is 2. The maximum Gasteiger partial charge on any atom is 0.128 e. The minimum Gasteiger partial charge on any atom is -0.496 e. The van der Waals surface area contributed by atoms with Crippen molar-refractivity contribution in [2.45, 2.75) is 39.5 Å². The number of benzene rings is 2. The lowest BCUT2D eigenvalue weighted by Gasteiger charge is -2.19. The molecule has 1 aliphatic heterocycles. The van der Waals surface area contributed by atoms with Crippen LogP contribution in [0.1, 0.15) is 48.9 Å². The van der Waals surface area contributed by atoms with Gasteiger partial charge in [0.15, 0.2) is 0 Å². The van der Waals surface area contributed by atoms with Crippen molar-refractivity contribution in [2.75, 3.05) is 7.11 Å². The fourth-order valence-electron chi connectivity index (χ4n) is 3.67. The van der Waals surface area contributed by atoms with Gasteiger partial charge in [-0.05, 0) is 53.7 Å². The molecule has 1 unspecified atom stereocenters. The van der Waals surface area contributed by atoms with Crippen LogP contribution in [0.5, 0.6) is 5.75 Å². The average Bonchev–Trinajstić information content (AvgIpc) is 2.69. The zero-order valence-corrected chi connectivity index (χ0v) is 16.7. The second kappa shape index (κ2) is 8.85. The highest BCUT2D eigenvalue weighted by atomic mass is 16.5. The topological polar surface area (TPSA) is 21.6 Å². The number of nitrogens with zero attached hydrogens (tertiary/aromatic N) is 1. The highest BCUT2D eigenvalue weighted by Gasteiger charge is 2.18. The number of aliphatic imine (C=N–C) groups is 1. The lowest BCUT2D eigenvalue weighted by Crippen LogP contribution is -2.15. The molecule has 140 valence electrons. The Labute approximate surface area is 163 Å². The number of hydrogen-bond acceptors (Lipinski definition) is 2. The molecule has 0 fully saturated rings. The van der Waals surface area contributed by atoms with Crippen LogP contribution in [0.4, 0.5) is 0 Å². The van der Waals surface area contributed by atoms with E-state index in [-0.39, 0.29) is 0 Å². The van der Waals surface area contributed by atoms with Crippen LogP contribution in [-0.4, -0.2) is 12.8 Å². The Balaban J connectivity index is 1.86. The molecule has 2 aromatic carbocycles. The summed E-state index contributed by atoms with van der Waals surface area (Å²) in [6.45, 7) is 8.79. The molecule has 0 aromatic heterocycles. The predicted molar refractivity (Wildman–Crippen MR) is 116 cm³/mol. The van der Waals surface area contributed by atoms with Gasteiger partial charge in [-0.2, -0.15) is 0 Å². The number of ether oxygens (including phenoxy) is 1. The van der Waals surface area contributed by atoms with Gasteiger partial charge in [-0.15, -0.1) is 0 Å². The first-order valence-corrected chi connectivity index (χ1v) is 9.80. The van der Waals surface area contributed by atoms with Crippen molar-refractivity contribution in [3.63, 3.8) is 0 Å². The van der Waals surface area contributed by atoms with Crippen molar-refractivity contribution < 1.29 is 4.74 Å². The molecule has 0 N–H and O–H groups in total. The normalized spacial score (nSPS) is 16.1. The van der Waals surface area contributed by atoms with Crippen LogP contribution in [0.3, 0.4) is 0 Å². The summed E-state index contributed by atoms with van der Waals surface area (Å²) in [5.74, 6) is 1.27. The molecule has 27 heavy (non-hydrogen) atoms. The number of rotatable bonds is 7. The van der Waals surface area contributed by atoms with Gasteiger partial charge in [-0.25, -0.2) is 0 Å². The fourth-order valence-corrected chi connectivity index (χ4v) is 3.67. The van der Waals surface area contributed by atoms with Crippen LogP contribution in [0.25, 0.3) is 5.57 Å². The minimum absolute atomic E-state index is 0.402. The molecule has 2 aromatic rings. The Kier molecular flexibility index (Phi) is 6.28. The number of aryl methyl sites for hydroxylation is 1. The maximum absolute atomic E-state index is 5.70. The molecule has 0 spiro atoms. The zero-order chi connectivity index (χ0) is 19.2. The third kappa shape index (κ3) is 4.39. The smallest absolute Gasteiger partial charge is 0.128 e. The quantitative estimate of drug-likeness (QED) is 0.573. The second-order valence-electron chi connectivity index (χ2n) is 7.25. The van der Waals surface area contributed by atoms with E-state index in [1.165, 1.54) is 11.1 Å². The summed E-state index contributed by atoms with van der Waals surface area (Å²) < 4.78 is 5.70. The van der Waals surface area contributed by atoms with E-state index >= 15 is 0 Å². The van der Waals surface area contributed by atoms with Crippen molar-refractivity contribution in [3.05, 3.63) is 83.6 Å². The van der Waals surface area contributed by atoms with Gasteiger partial charge in [0.25, 0.3) is 0 Å². The molecule has 1 atom stereocenters. The minimum atomic E-state index is 0.402. The molecule has 0 radical (unpaired) electrons. The summed E-state index contributed by atoms with van der Waals surface area (Å²) in [7, 11) is 1.73. The van der Waals surface area contributed by atoms with Gasteiger partial charge >= 0.3 is 0 Å². The van der Waals surface area contributed by atoms with E-state index < -0.39 is 0 Å². The third-order valence-corrected chi connectivity index (χ3v) is 5.20. The Morgan fingerprint density at radius 3 is 2.67 bits per heavy atom. The molecule has 1 heterocycles. The van der Waals surface area contributed by atoms with Crippen molar-refractivity contribution in [1.82, 2.24) is 0 Å². The predicted octanol–water partition coefficient (Wildman–Crippen LogP) is 6.25. The number of methoxy groups -OCH3 is 1. The van der Waals surface area contributed by atoms with E-state index in [0.29, 0.717) is 5.92 Å². The molecule has 0 bridgehead atoms. The van der Waals surface area contributed by atoms with Gasteiger partial charge < -0.3 is 4.74 Å². The standard InChI is InChI=1S/C25H29NO/c1-5-9-20-11-6-7-12-22(20)16-19(3)21-13-14-23(24(17-21)27-4)25-18(2)10-8-15-26-25/h6-8,11-15,17-18H,3,5,9-10,16H2,1-2,4H3. The fraction of sp³-hybridized carbons (Fsp3) is 0.320.